The van der Waals surface area contributed by atoms with Crippen LogP contribution in [0.5, 0.6) is 0 Å². The van der Waals surface area contributed by atoms with Crippen molar-refractivity contribution in [3.05, 3.63) is 41.3 Å². The first-order valence-electron chi connectivity index (χ1n) is 5.13. The van der Waals surface area contributed by atoms with Gasteiger partial charge in [-0.15, -0.1) is 0 Å². The summed E-state index contributed by atoms with van der Waals surface area (Å²) in [7, 11) is 0. The van der Waals surface area contributed by atoms with Gasteiger partial charge in [0, 0.05) is 6.20 Å². The fraction of sp³-hybridized carbons (Fsp3) is 0.182. The number of carboxylic acids is 1. The summed E-state index contributed by atoms with van der Waals surface area (Å²) in [5, 5.41) is 12.2. The third-order valence-electron chi connectivity index (χ3n) is 2.42. The van der Waals surface area contributed by atoms with Gasteiger partial charge in [0.15, 0.2) is 11.5 Å². The van der Waals surface area contributed by atoms with Crippen LogP contribution in [0.3, 0.4) is 0 Å². The van der Waals surface area contributed by atoms with Crippen LogP contribution < -0.4 is 0 Å². The highest BCUT2D eigenvalue weighted by Gasteiger charge is 2.33. The highest BCUT2D eigenvalue weighted by molar-refractivity contribution is 5.88. The number of hydrogen-bond acceptors (Lipinski definition) is 3. The smallest absolute Gasteiger partial charge is 0.435 e. The van der Waals surface area contributed by atoms with E-state index in [1.807, 2.05) is 0 Å². The molecule has 19 heavy (non-hydrogen) atoms. The summed E-state index contributed by atoms with van der Waals surface area (Å²) >= 11 is 0. The van der Waals surface area contributed by atoms with Crippen LogP contribution in [0.1, 0.15) is 21.7 Å². The van der Waals surface area contributed by atoms with Crippen LogP contribution in [-0.4, -0.2) is 25.8 Å². The molecule has 0 amide bonds. The Labute approximate surface area is 105 Å². The van der Waals surface area contributed by atoms with Crippen LogP contribution >= 0.6 is 0 Å². The van der Waals surface area contributed by atoms with Gasteiger partial charge in [0.1, 0.15) is 0 Å². The molecule has 0 bridgehead atoms. The van der Waals surface area contributed by atoms with Crippen molar-refractivity contribution in [3.63, 3.8) is 0 Å². The molecule has 1 N–H and O–H groups in total. The molecule has 0 atom stereocenters. The van der Waals surface area contributed by atoms with Crippen molar-refractivity contribution in [1.82, 2.24) is 14.8 Å². The quantitative estimate of drug-likeness (QED) is 0.909. The van der Waals surface area contributed by atoms with E-state index >= 15 is 0 Å². The fourth-order valence-electron chi connectivity index (χ4n) is 1.50. The lowest BCUT2D eigenvalue weighted by molar-refractivity contribution is -0.141. The Balaban J connectivity index is 2.40. The summed E-state index contributed by atoms with van der Waals surface area (Å²) in [6.45, 7) is 1.46. The van der Waals surface area contributed by atoms with Gasteiger partial charge >= 0.3 is 12.1 Å². The van der Waals surface area contributed by atoms with E-state index in [2.05, 4.69) is 10.1 Å². The number of aromatic carboxylic acids is 1. The number of carboxylic acid groups (broad SMARTS) is 1. The Morgan fingerprint density at radius 1 is 1.32 bits per heavy atom. The summed E-state index contributed by atoms with van der Waals surface area (Å²) in [4.78, 5) is 14.7. The maximum Gasteiger partial charge on any atom is 0.435 e. The summed E-state index contributed by atoms with van der Waals surface area (Å²) in [5.74, 6) is -1.02. The second-order valence-electron chi connectivity index (χ2n) is 3.75. The van der Waals surface area contributed by atoms with E-state index in [1.165, 1.54) is 19.1 Å². The molecule has 0 spiro atoms. The Kier molecular flexibility index (Phi) is 3.01. The van der Waals surface area contributed by atoms with Crippen LogP contribution in [0.4, 0.5) is 13.2 Å². The van der Waals surface area contributed by atoms with Crippen LogP contribution in [-0.2, 0) is 6.18 Å². The van der Waals surface area contributed by atoms with Gasteiger partial charge in [0.25, 0.3) is 0 Å². The average molecular weight is 271 g/mol. The summed E-state index contributed by atoms with van der Waals surface area (Å²) < 4.78 is 38.1. The Morgan fingerprint density at radius 2 is 2.00 bits per heavy atom. The topological polar surface area (TPSA) is 68.0 Å². The summed E-state index contributed by atoms with van der Waals surface area (Å²) in [5.41, 5.74) is -0.838. The minimum absolute atomic E-state index is 0.00745. The molecular formula is C11H8F3N3O2. The van der Waals surface area contributed by atoms with Crippen molar-refractivity contribution in [1.29, 1.82) is 0 Å². The van der Waals surface area contributed by atoms with Gasteiger partial charge in [-0.3, -0.25) is 0 Å². The predicted molar refractivity (Wildman–Crippen MR) is 58.1 cm³/mol. The number of nitrogens with zero attached hydrogens (tertiary/aromatic N) is 3. The molecule has 0 fully saturated rings. The molecule has 0 unspecified atom stereocenters. The number of pyridine rings is 1. The lowest BCUT2D eigenvalue weighted by Crippen LogP contribution is -2.09. The number of aromatic nitrogens is 3. The van der Waals surface area contributed by atoms with Crippen LogP contribution in [0, 0.1) is 6.92 Å². The van der Waals surface area contributed by atoms with Crippen LogP contribution in [0.25, 0.3) is 5.82 Å². The lowest BCUT2D eigenvalue weighted by atomic mass is 10.2. The zero-order valence-corrected chi connectivity index (χ0v) is 9.64. The average Bonchev–Trinajstić information content (AvgIpc) is 2.76. The Hall–Kier alpha value is -2.38. The highest BCUT2D eigenvalue weighted by atomic mass is 19.4. The first-order chi connectivity index (χ1) is 8.79. The molecule has 0 saturated carbocycles. The van der Waals surface area contributed by atoms with Crippen molar-refractivity contribution >= 4 is 5.97 Å². The molecule has 2 rings (SSSR count). The normalized spacial score (nSPS) is 11.6. The number of alkyl halides is 3. The number of rotatable bonds is 2. The molecule has 2 aromatic rings. The second kappa shape index (κ2) is 4.38. The fourth-order valence-corrected chi connectivity index (χ4v) is 1.50. The van der Waals surface area contributed by atoms with Gasteiger partial charge in [0.2, 0.25) is 0 Å². The molecule has 0 aliphatic heterocycles. The maximum atomic E-state index is 12.4. The van der Waals surface area contributed by atoms with Crippen molar-refractivity contribution in [3.8, 4) is 5.82 Å². The molecule has 5 nitrogen and oxygen atoms in total. The first-order valence-corrected chi connectivity index (χ1v) is 5.13. The lowest BCUT2D eigenvalue weighted by Gasteiger charge is -2.05. The van der Waals surface area contributed by atoms with Gasteiger partial charge in [-0.2, -0.15) is 18.3 Å². The van der Waals surface area contributed by atoms with Gasteiger partial charge < -0.3 is 5.11 Å². The van der Waals surface area contributed by atoms with E-state index in [1.54, 1.807) is 0 Å². The molecule has 100 valence electrons. The SMILES string of the molecule is Cc1nc(-n2ccc(C(F)(F)F)n2)ccc1C(=O)O. The molecule has 2 aromatic heterocycles. The zero-order valence-electron chi connectivity index (χ0n) is 9.64. The summed E-state index contributed by atoms with van der Waals surface area (Å²) in [6.07, 6.45) is -3.41. The number of aryl methyl sites for hydroxylation is 1. The molecule has 0 aromatic carbocycles. The van der Waals surface area contributed by atoms with E-state index in [0.29, 0.717) is 0 Å². The first kappa shape index (κ1) is 13.1. The van der Waals surface area contributed by atoms with Gasteiger partial charge in [0.05, 0.1) is 11.3 Å². The van der Waals surface area contributed by atoms with E-state index in [-0.39, 0.29) is 17.1 Å². The summed E-state index contributed by atoms with van der Waals surface area (Å²) in [6, 6.07) is 3.39. The van der Waals surface area contributed by atoms with E-state index in [0.717, 1.165) is 16.9 Å². The van der Waals surface area contributed by atoms with Gasteiger partial charge in [-0.05, 0) is 25.1 Å². The third kappa shape index (κ3) is 2.56. The van der Waals surface area contributed by atoms with Crippen LogP contribution in [0.15, 0.2) is 24.4 Å². The monoisotopic (exact) mass is 271 g/mol. The number of carbonyl (C=O) groups is 1. The second-order valence-corrected chi connectivity index (χ2v) is 3.75. The molecule has 0 saturated heterocycles. The number of hydrogen-bond donors (Lipinski definition) is 1. The van der Waals surface area contributed by atoms with E-state index < -0.39 is 17.8 Å². The minimum atomic E-state index is -4.53. The van der Waals surface area contributed by atoms with E-state index in [4.69, 9.17) is 5.11 Å². The Morgan fingerprint density at radius 3 is 2.47 bits per heavy atom. The molecule has 2 heterocycles. The maximum absolute atomic E-state index is 12.4. The molecule has 8 heteroatoms. The van der Waals surface area contributed by atoms with Crippen LogP contribution in [0.2, 0.25) is 0 Å². The molecule has 0 aliphatic carbocycles. The van der Waals surface area contributed by atoms with Crippen molar-refractivity contribution in [2.24, 2.45) is 0 Å². The Bertz CT molecular complexity index is 634. The minimum Gasteiger partial charge on any atom is -0.478 e. The van der Waals surface area contributed by atoms with Crippen molar-refractivity contribution in [2.75, 3.05) is 0 Å². The third-order valence-corrected chi connectivity index (χ3v) is 2.42. The number of halogens is 3. The predicted octanol–water partition coefficient (Wildman–Crippen LogP) is 2.29. The van der Waals surface area contributed by atoms with E-state index in [9.17, 15) is 18.0 Å². The largest absolute Gasteiger partial charge is 0.478 e. The van der Waals surface area contributed by atoms with Gasteiger partial charge in [-0.1, -0.05) is 0 Å². The zero-order chi connectivity index (χ0) is 14.2. The molecule has 0 aliphatic rings. The molecule has 0 radical (unpaired) electrons. The van der Waals surface area contributed by atoms with Crippen molar-refractivity contribution in [2.45, 2.75) is 13.1 Å². The standard InChI is InChI=1S/C11H8F3N3O2/c1-6-7(10(18)19)2-3-9(15-6)17-5-4-8(16-17)11(12,13)14/h2-5H,1H3,(H,18,19). The van der Waals surface area contributed by atoms with Gasteiger partial charge in [-0.25, -0.2) is 14.5 Å². The molecular weight excluding hydrogens is 263 g/mol. The van der Waals surface area contributed by atoms with Crippen molar-refractivity contribution < 1.29 is 23.1 Å². The highest BCUT2D eigenvalue weighted by Crippen LogP contribution is 2.27.